The van der Waals surface area contributed by atoms with E-state index in [2.05, 4.69) is 9.39 Å². The lowest BCUT2D eigenvalue weighted by Gasteiger charge is -2.31. The summed E-state index contributed by atoms with van der Waals surface area (Å²) in [7, 11) is -4.06. The summed E-state index contributed by atoms with van der Waals surface area (Å²) < 4.78 is 30.2. The summed E-state index contributed by atoms with van der Waals surface area (Å²) in [5, 5.41) is 0.429. The van der Waals surface area contributed by atoms with E-state index in [1.54, 1.807) is 36.4 Å². The first-order chi connectivity index (χ1) is 15.7. The number of benzene rings is 2. The van der Waals surface area contributed by atoms with Gasteiger partial charge in [0.2, 0.25) is 0 Å². The smallest absolute Gasteiger partial charge is 0.284 e. The molecule has 5 nitrogen and oxygen atoms in total. The van der Waals surface area contributed by atoms with Crippen molar-refractivity contribution in [1.29, 1.82) is 0 Å². The molecule has 0 saturated heterocycles. The van der Waals surface area contributed by atoms with Crippen LogP contribution in [0.25, 0.3) is 0 Å². The predicted molar refractivity (Wildman–Crippen MR) is 139 cm³/mol. The molecule has 0 amide bonds. The molecule has 0 N–H and O–H groups in total. The Hall–Kier alpha value is -2.83. The van der Waals surface area contributed by atoms with Gasteiger partial charge >= 0.3 is 0 Å². The SMILES string of the molecule is CC(C)(C)C1=CC(=NC(=NS(=O)(=O)c2ccc(Cl)cc2)c2ccccc2)C=C(C(C)(C)C)C1=O. The Kier molecular flexibility index (Phi) is 7.15. The Labute approximate surface area is 207 Å². The molecule has 0 aliphatic heterocycles. The summed E-state index contributed by atoms with van der Waals surface area (Å²) in [6.45, 7) is 11.8. The van der Waals surface area contributed by atoms with Gasteiger partial charge in [0.25, 0.3) is 10.0 Å². The van der Waals surface area contributed by atoms with E-state index in [4.69, 9.17) is 11.6 Å². The molecule has 34 heavy (non-hydrogen) atoms. The third kappa shape index (κ3) is 5.99. The van der Waals surface area contributed by atoms with Crippen LogP contribution in [0.5, 0.6) is 0 Å². The molecule has 0 fully saturated rings. The normalized spacial score (nSPS) is 15.7. The second-order valence-electron chi connectivity index (χ2n) is 10.2. The summed E-state index contributed by atoms with van der Waals surface area (Å²) in [4.78, 5) is 17.9. The van der Waals surface area contributed by atoms with Crippen molar-refractivity contribution < 1.29 is 13.2 Å². The minimum Gasteiger partial charge on any atom is -0.289 e. The quantitative estimate of drug-likeness (QED) is 0.278. The van der Waals surface area contributed by atoms with Crippen LogP contribution in [-0.4, -0.2) is 25.7 Å². The Balaban J connectivity index is 2.24. The van der Waals surface area contributed by atoms with E-state index in [9.17, 15) is 13.2 Å². The van der Waals surface area contributed by atoms with E-state index in [1.165, 1.54) is 24.3 Å². The van der Waals surface area contributed by atoms with Gasteiger partial charge in [0.1, 0.15) is 0 Å². The lowest BCUT2D eigenvalue weighted by atomic mass is 9.72. The van der Waals surface area contributed by atoms with E-state index < -0.39 is 20.9 Å². The fourth-order valence-electron chi connectivity index (χ4n) is 3.41. The first-order valence-electron chi connectivity index (χ1n) is 10.9. The van der Waals surface area contributed by atoms with Crippen molar-refractivity contribution in [2.75, 3.05) is 0 Å². The van der Waals surface area contributed by atoms with Crippen LogP contribution in [0.2, 0.25) is 5.02 Å². The number of allylic oxidation sites excluding steroid dienone is 4. The number of aliphatic imine (C=N–C) groups is 1. The fourth-order valence-corrected chi connectivity index (χ4v) is 4.50. The number of hydrogen-bond donors (Lipinski definition) is 0. The van der Waals surface area contributed by atoms with Crippen LogP contribution >= 0.6 is 11.6 Å². The number of carbonyl (C=O) groups is 1. The highest BCUT2D eigenvalue weighted by Gasteiger charge is 2.34. The van der Waals surface area contributed by atoms with Crippen LogP contribution in [-0.2, 0) is 14.8 Å². The van der Waals surface area contributed by atoms with Crippen molar-refractivity contribution >= 4 is 39.0 Å². The van der Waals surface area contributed by atoms with Crippen LogP contribution in [0, 0.1) is 10.8 Å². The van der Waals surface area contributed by atoms with Gasteiger partial charge in [-0.25, -0.2) is 4.99 Å². The molecule has 178 valence electrons. The maximum Gasteiger partial charge on any atom is 0.284 e. The molecule has 3 rings (SSSR count). The van der Waals surface area contributed by atoms with Crippen molar-refractivity contribution in [3.8, 4) is 0 Å². The molecule has 0 unspecified atom stereocenters. The number of carbonyl (C=O) groups excluding carboxylic acids is 1. The zero-order valence-electron chi connectivity index (χ0n) is 20.3. The Morgan fingerprint density at radius 2 is 1.29 bits per heavy atom. The molecule has 7 heteroatoms. The molecule has 0 heterocycles. The lowest BCUT2D eigenvalue weighted by Crippen LogP contribution is -2.29. The summed E-state index contributed by atoms with van der Waals surface area (Å²) in [6, 6.07) is 14.7. The second-order valence-corrected chi connectivity index (χ2v) is 12.2. The largest absolute Gasteiger partial charge is 0.289 e. The molecule has 0 atom stereocenters. The average molecular weight is 497 g/mol. The summed E-state index contributed by atoms with van der Waals surface area (Å²) in [6.07, 6.45) is 3.45. The monoisotopic (exact) mass is 496 g/mol. The topological polar surface area (TPSA) is 75.9 Å². The number of rotatable bonds is 3. The lowest BCUT2D eigenvalue weighted by molar-refractivity contribution is -0.114. The van der Waals surface area contributed by atoms with Crippen LogP contribution in [0.4, 0.5) is 0 Å². The number of halogens is 1. The van der Waals surface area contributed by atoms with Crippen molar-refractivity contribution in [2.45, 2.75) is 46.4 Å². The molecule has 0 spiro atoms. The summed E-state index contributed by atoms with van der Waals surface area (Å²) in [5.74, 6) is 0.0138. The van der Waals surface area contributed by atoms with Crippen LogP contribution in [0.3, 0.4) is 0 Å². The van der Waals surface area contributed by atoms with Gasteiger partial charge in [0, 0.05) is 21.7 Å². The van der Waals surface area contributed by atoms with Crippen LogP contribution < -0.4 is 0 Å². The number of hydrogen-bond acceptors (Lipinski definition) is 3. The third-order valence-corrected chi connectivity index (χ3v) is 6.81. The van der Waals surface area contributed by atoms with E-state index >= 15 is 0 Å². The van der Waals surface area contributed by atoms with E-state index in [1.807, 2.05) is 47.6 Å². The molecular weight excluding hydrogens is 468 g/mol. The van der Waals surface area contributed by atoms with Gasteiger partial charge in [-0.1, -0.05) is 83.5 Å². The standard InChI is InChI=1S/C27H29ClN2O3S/c1-26(2,3)22-16-20(17-23(24(22)31)27(4,5)6)29-25(18-10-8-7-9-11-18)30-34(32,33)21-14-12-19(28)13-15-21/h7-17H,1-6H3. The molecule has 0 bridgehead atoms. The summed E-state index contributed by atoms with van der Waals surface area (Å²) in [5.41, 5.74) is 1.42. The number of amidine groups is 1. The predicted octanol–water partition coefficient (Wildman–Crippen LogP) is 6.44. The third-order valence-electron chi connectivity index (χ3n) is 5.27. The van der Waals surface area contributed by atoms with E-state index in [0.29, 0.717) is 27.4 Å². The van der Waals surface area contributed by atoms with Gasteiger partial charge < -0.3 is 0 Å². The molecule has 0 radical (unpaired) electrons. The number of nitrogens with zero attached hydrogens (tertiary/aromatic N) is 2. The molecule has 2 aromatic rings. The molecular formula is C27H29ClN2O3S. The van der Waals surface area contributed by atoms with Gasteiger partial charge in [-0.05, 0) is 47.2 Å². The Morgan fingerprint density at radius 1 is 0.794 bits per heavy atom. The van der Waals surface area contributed by atoms with E-state index in [-0.39, 0.29) is 16.5 Å². The highest BCUT2D eigenvalue weighted by molar-refractivity contribution is 7.90. The van der Waals surface area contributed by atoms with Crippen LogP contribution in [0.1, 0.15) is 47.1 Å². The molecule has 2 aromatic carbocycles. The zero-order valence-corrected chi connectivity index (χ0v) is 21.8. The molecule has 1 aliphatic carbocycles. The van der Waals surface area contributed by atoms with Gasteiger partial charge in [-0.3, -0.25) is 4.79 Å². The number of sulfonamides is 1. The Morgan fingerprint density at radius 3 is 1.76 bits per heavy atom. The molecule has 0 aromatic heterocycles. The molecule has 0 saturated carbocycles. The highest BCUT2D eigenvalue weighted by atomic mass is 35.5. The molecule has 1 aliphatic rings. The average Bonchev–Trinajstić information content (AvgIpc) is 2.73. The van der Waals surface area contributed by atoms with Gasteiger partial charge in [-0.2, -0.15) is 8.42 Å². The number of ketones is 1. The van der Waals surface area contributed by atoms with Crippen molar-refractivity contribution in [3.05, 3.63) is 88.5 Å². The van der Waals surface area contributed by atoms with Crippen molar-refractivity contribution in [3.63, 3.8) is 0 Å². The Bertz CT molecular complexity index is 1280. The van der Waals surface area contributed by atoms with Gasteiger partial charge in [-0.15, -0.1) is 4.40 Å². The minimum atomic E-state index is -4.06. The minimum absolute atomic E-state index is 0.0150. The fraction of sp³-hybridized carbons (Fsp3) is 0.296. The van der Waals surface area contributed by atoms with Gasteiger partial charge in [0.15, 0.2) is 11.6 Å². The van der Waals surface area contributed by atoms with Crippen molar-refractivity contribution in [2.24, 2.45) is 20.2 Å². The zero-order chi connectivity index (χ0) is 25.3. The number of Topliss-reactive ketones (excluding diaryl/α,β-unsaturated/α-hetero) is 1. The maximum atomic E-state index is 13.2. The summed E-state index contributed by atoms with van der Waals surface area (Å²) >= 11 is 5.91. The maximum absolute atomic E-state index is 13.2. The first kappa shape index (κ1) is 25.8. The van der Waals surface area contributed by atoms with Gasteiger partial charge in [0.05, 0.1) is 10.6 Å². The van der Waals surface area contributed by atoms with E-state index in [0.717, 1.165) is 0 Å². The van der Waals surface area contributed by atoms with Crippen LogP contribution in [0.15, 0.2) is 92.2 Å². The first-order valence-corrected chi connectivity index (χ1v) is 12.7. The highest BCUT2D eigenvalue weighted by Crippen LogP contribution is 2.37. The van der Waals surface area contributed by atoms with Crippen molar-refractivity contribution in [1.82, 2.24) is 0 Å². The second kappa shape index (κ2) is 9.43.